The van der Waals surface area contributed by atoms with E-state index in [1.807, 2.05) is 60.7 Å². The number of aromatic nitrogens is 1. The van der Waals surface area contributed by atoms with Crippen molar-refractivity contribution in [3.63, 3.8) is 0 Å². The van der Waals surface area contributed by atoms with Crippen molar-refractivity contribution < 1.29 is 38.6 Å². The Balaban J connectivity index is 1.57. The minimum Gasteiger partial charge on any atom is -0.480 e. The van der Waals surface area contributed by atoms with Gasteiger partial charge in [-0.05, 0) is 76.8 Å². The zero-order valence-corrected chi connectivity index (χ0v) is 26.6. The fourth-order valence-corrected chi connectivity index (χ4v) is 4.94. The summed E-state index contributed by atoms with van der Waals surface area (Å²) in [5, 5.41) is 12.9. The Morgan fingerprint density at radius 1 is 0.870 bits per heavy atom. The fraction of sp³-hybridized carbons (Fsp3) is 0.353. The van der Waals surface area contributed by atoms with Crippen LogP contribution in [0.1, 0.15) is 64.3 Å². The van der Waals surface area contributed by atoms with Crippen LogP contribution < -0.4 is 10.2 Å². The maximum Gasteiger partial charge on any atom is 0.425 e. The number of pyridine rings is 1. The van der Waals surface area contributed by atoms with Crippen LogP contribution in [0.4, 0.5) is 20.2 Å². The SMILES string of the molecule is CC(C)(C)OC(=O)N(C(=O)OC(C)(C)C)c1cc(CC2C(=O)N(C(=O)NC(c3ccccc3)c3ccccc3)[C@@H]2C(=O)O)ccn1. The molecule has 0 radical (unpaired) electrons. The first-order valence-corrected chi connectivity index (χ1v) is 14.7. The van der Waals surface area contributed by atoms with Crippen LogP contribution in [0, 0.1) is 5.92 Å². The number of carboxylic acids is 1. The first-order chi connectivity index (χ1) is 21.6. The van der Waals surface area contributed by atoms with Gasteiger partial charge in [-0.1, -0.05) is 60.7 Å². The number of hydrogen-bond acceptors (Lipinski definition) is 8. The highest BCUT2D eigenvalue weighted by Crippen LogP contribution is 2.33. The molecular formula is C34H38N4O8. The van der Waals surface area contributed by atoms with Gasteiger partial charge in [0.15, 0.2) is 6.04 Å². The highest BCUT2D eigenvalue weighted by Gasteiger charge is 2.55. The van der Waals surface area contributed by atoms with Gasteiger partial charge in [0.05, 0.1) is 12.0 Å². The van der Waals surface area contributed by atoms with Crippen LogP contribution in [0.5, 0.6) is 0 Å². The summed E-state index contributed by atoms with van der Waals surface area (Å²) in [6, 6.07) is 18.2. The van der Waals surface area contributed by atoms with Gasteiger partial charge in [0, 0.05) is 6.20 Å². The molecule has 12 nitrogen and oxygen atoms in total. The highest BCUT2D eigenvalue weighted by molar-refractivity contribution is 6.09. The van der Waals surface area contributed by atoms with E-state index in [1.165, 1.54) is 18.3 Å². The molecule has 1 unspecified atom stereocenters. The summed E-state index contributed by atoms with van der Waals surface area (Å²) in [6.07, 6.45) is -0.834. The lowest BCUT2D eigenvalue weighted by molar-refractivity contribution is -0.165. The van der Waals surface area contributed by atoms with E-state index >= 15 is 0 Å². The molecule has 1 fully saturated rings. The lowest BCUT2D eigenvalue weighted by Gasteiger charge is -2.43. The first kappa shape index (κ1) is 33.6. The number of anilines is 1. The van der Waals surface area contributed by atoms with Crippen molar-refractivity contribution in [1.82, 2.24) is 15.2 Å². The van der Waals surface area contributed by atoms with Crippen molar-refractivity contribution >= 4 is 35.9 Å². The molecule has 3 aromatic rings. The Bertz CT molecular complexity index is 1530. The number of rotatable bonds is 7. The van der Waals surface area contributed by atoms with Crippen LogP contribution in [-0.4, -0.2) is 62.3 Å². The largest absolute Gasteiger partial charge is 0.480 e. The quantitative estimate of drug-likeness (QED) is 0.312. The molecule has 1 aliphatic heterocycles. The molecule has 46 heavy (non-hydrogen) atoms. The van der Waals surface area contributed by atoms with E-state index in [1.54, 1.807) is 41.5 Å². The van der Waals surface area contributed by atoms with Gasteiger partial charge in [0.2, 0.25) is 5.91 Å². The second kappa shape index (κ2) is 13.4. The monoisotopic (exact) mass is 630 g/mol. The molecule has 0 spiro atoms. The zero-order chi connectivity index (χ0) is 33.8. The van der Waals surface area contributed by atoms with Crippen LogP contribution >= 0.6 is 0 Å². The average molecular weight is 631 g/mol. The summed E-state index contributed by atoms with van der Waals surface area (Å²) >= 11 is 0. The van der Waals surface area contributed by atoms with Crippen molar-refractivity contribution in [2.24, 2.45) is 5.92 Å². The second-order valence-corrected chi connectivity index (χ2v) is 12.8. The van der Waals surface area contributed by atoms with Crippen LogP contribution in [0.3, 0.4) is 0 Å². The minimum atomic E-state index is -1.45. The molecule has 0 bridgehead atoms. The molecule has 242 valence electrons. The molecule has 12 heteroatoms. The summed E-state index contributed by atoms with van der Waals surface area (Å²) in [5.74, 6) is -3.27. The second-order valence-electron chi connectivity index (χ2n) is 12.8. The van der Waals surface area contributed by atoms with Crippen LogP contribution in [0.15, 0.2) is 79.0 Å². The average Bonchev–Trinajstić information content (AvgIpc) is 2.96. The van der Waals surface area contributed by atoms with Crippen molar-refractivity contribution in [3.8, 4) is 0 Å². The smallest absolute Gasteiger partial charge is 0.425 e. The maximum absolute atomic E-state index is 13.4. The van der Waals surface area contributed by atoms with Gasteiger partial charge in [0.25, 0.3) is 0 Å². The van der Waals surface area contributed by atoms with E-state index in [4.69, 9.17) is 9.47 Å². The zero-order valence-electron chi connectivity index (χ0n) is 26.6. The molecule has 2 heterocycles. The van der Waals surface area contributed by atoms with Gasteiger partial charge >= 0.3 is 24.2 Å². The van der Waals surface area contributed by atoms with Gasteiger partial charge in [-0.25, -0.2) is 29.1 Å². The normalized spacial score (nSPS) is 16.3. The molecule has 2 aromatic carbocycles. The number of urea groups is 1. The lowest BCUT2D eigenvalue weighted by atomic mass is 9.82. The predicted octanol–water partition coefficient (Wildman–Crippen LogP) is 5.71. The number of carboxylic acid groups (broad SMARTS) is 1. The van der Waals surface area contributed by atoms with Gasteiger partial charge in [0.1, 0.15) is 17.0 Å². The highest BCUT2D eigenvalue weighted by atomic mass is 16.6. The number of ether oxygens (including phenoxy) is 2. The molecule has 1 saturated heterocycles. The Morgan fingerprint density at radius 3 is 1.83 bits per heavy atom. The van der Waals surface area contributed by atoms with Crippen LogP contribution in [0.25, 0.3) is 0 Å². The summed E-state index contributed by atoms with van der Waals surface area (Å²) in [7, 11) is 0. The summed E-state index contributed by atoms with van der Waals surface area (Å²) in [6.45, 7) is 9.83. The number of nitrogens with one attached hydrogen (secondary N) is 1. The van der Waals surface area contributed by atoms with Crippen molar-refractivity contribution in [2.45, 2.75) is 71.2 Å². The van der Waals surface area contributed by atoms with Crippen molar-refractivity contribution in [1.29, 1.82) is 0 Å². The van der Waals surface area contributed by atoms with Gasteiger partial charge in [-0.2, -0.15) is 4.90 Å². The number of amides is 5. The number of likely N-dealkylation sites (tertiary alicyclic amines) is 1. The molecular weight excluding hydrogens is 592 g/mol. The Morgan fingerprint density at radius 2 is 1.37 bits per heavy atom. The predicted molar refractivity (Wildman–Crippen MR) is 168 cm³/mol. The summed E-state index contributed by atoms with van der Waals surface area (Å²) in [5.41, 5.74) is 0.0285. The number of imide groups is 2. The van der Waals surface area contributed by atoms with Crippen molar-refractivity contribution in [2.75, 3.05) is 4.90 Å². The Labute approximate surface area is 267 Å². The minimum absolute atomic E-state index is 0.105. The molecule has 2 atom stereocenters. The van der Waals surface area contributed by atoms with E-state index in [9.17, 15) is 29.1 Å². The first-order valence-electron chi connectivity index (χ1n) is 14.7. The van der Waals surface area contributed by atoms with Gasteiger partial charge in [-0.15, -0.1) is 0 Å². The lowest BCUT2D eigenvalue weighted by Crippen LogP contribution is -2.68. The molecule has 5 amide bonds. The van der Waals surface area contributed by atoms with E-state index < -0.39 is 59.3 Å². The molecule has 1 aliphatic rings. The molecule has 1 aromatic heterocycles. The molecule has 0 saturated carbocycles. The molecule has 2 N–H and O–H groups in total. The third kappa shape index (κ3) is 8.06. The number of benzene rings is 2. The van der Waals surface area contributed by atoms with E-state index in [-0.39, 0.29) is 12.2 Å². The molecule has 4 rings (SSSR count). The molecule has 0 aliphatic carbocycles. The van der Waals surface area contributed by atoms with Gasteiger partial charge < -0.3 is 19.9 Å². The number of carbonyl (C=O) groups is 5. The number of aliphatic carboxylic acids is 1. The van der Waals surface area contributed by atoms with Crippen LogP contribution in [0.2, 0.25) is 0 Å². The number of hydrogen-bond donors (Lipinski definition) is 2. The van der Waals surface area contributed by atoms with E-state index in [0.717, 1.165) is 11.1 Å². The number of carbonyl (C=O) groups excluding carboxylic acids is 4. The van der Waals surface area contributed by atoms with Crippen LogP contribution in [-0.2, 0) is 25.5 Å². The van der Waals surface area contributed by atoms with Crippen molar-refractivity contribution in [3.05, 3.63) is 95.7 Å². The number of β-lactam (4-membered cyclic amide) rings is 1. The topological polar surface area (TPSA) is 155 Å². The maximum atomic E-state index is 13.4. The van der Waals surface area contributed by atoms with Gasteiger partial charge in [-0.3, -0.25) is 4.79 Å². The van der Waals surface area contributed by atoms with E-state index in [0.29, 0.717) is 15.4 Å². The summed E-state index contributed by atoms with van der Waals surface area (Å²) in [4.78, 5) is 70.8. The number of nitrogens with zero attached hydrogens (tertiary/aromatic N) is 3. The Hall–Kier alpha value is -5.26. The third-order valence-corrected chi connectivity index (χ3v) is 6.87. The fourth-order valence-electron chi connectivity index (χ4n) is 4.94. The van der Waals surface area contributed by atoms with E-state index in [2.05, 4.69) is 10.3 Å². The summed E-state index contributed by atoms with van der Waals surface area (Å²) < 4.78 is 10.8. The Kier molecular flexibility index (Phi) is 9.79. The standard InChI is InChI=1S/C34H38N4O8/c1-33(2,3)45-31(43)37(32(44)46-34(4,5)6)25-20-21(17-18-35-25)19-24-27(29(40)41)38(28(24)39)30(42)36-26(22-13-9-7-10-14-22)23-15-11-8-12-16-23/h7-18,20,24,26-27H,19H2,1-6H3,(H,36,42)(H,40,41)/t24?,27-/m0/s1. The third-order valence-electron chi connectivity index (χ3n) is 6.87.